The van der Waals surface area contributed by atoms with Crippen molar-refractivity contribution in [2.45, 2.75) is 82.4 Å². The second kappa shape index (κ2) is 11.0. The molecule has 13 heteroatoms. The van der Waals surface area contributed by atoms with Crippen molar-refractivity contribution in [3.63, 3.8) is 0 Å². The number of nitrogens with zero attached hydrogens (tertiary/aromatic N) is 2. The van der Waals surface area contributed by atoms with Crippen molar-refractivity contribution in [2.75, 3.05) is 4.90 Å². The highest BCUT2D eigenvalue weighted by atomic mass is 35.5. The van der Waals surface area contributed by atoms with Crippen LogP contribution in [0.25, 0.3) is 0 Å². The van der Waals surface area contributed by atoms with Gasteiger partial charge in [-0.1, -0.05) is 23.2 Å². The van der Waals surface area contributed by atoms with E-state index in [1.165, 1.54) is 18.3 Å². The first-order chi connectivity index (χ1) is 18.2. The lowest BCUT2D eigenvalue weighted by Gasteiger charge is -2.40. The van der Waals surface area contributed by atoms with E-state index in [0.29, 0.717) is 18.7 Å². The van der Waals surface area contributed by atoms with Crippen molar-refractivity contribution in [1.29, 1.82) is 0 Å². The number of hydrogen-bond acceptors (Lipinski definition) is 5. The lowest BCUT2D eigenvalue weighted by molar-refractivity contribution is -0.149. The number of alkyl halides is 3. The van der Waals surface area contributed by atoms with E-state index < -0.39 is 29.5 Å². The van der Waals surface area contributed by atoms with Crippen LogP contribution in [0.15, 0.2) is 30.5 Å². The van der Waals surface area contributed by atoms with Crippen molar-refractivity contribution >= 4 is 40.8 Å². The third kappa shape index (κ3) is 6.35. The average molecular weight is 591 g/mol. The number of nitrogens with one attached hydrogen (secondary N) is 2. The number of hydrogen-bond donors (Lipinski definition) is 2. The van der Waals surface area contributed by atoms with Gasteiger partial charge in [0.05, 0.1) is 10.6 Å². The molecule has 4 atom stereocenters. The van der Waals surface area contributed by atoms with Crippen LogP contribution < -0.4 is 20.3 Å². The SMILES string of the molecule is C[C@H](NC(=O)c1ccc(N2[C@@H]3CC[C@H]2C[C@@H](NC(=O)C(C)(C)Oc2ccc(F)c(Cl)c2Cl)C3)nc1)C(F)(F)F. The highest BCUT2D eigenvalue weighted by molar-refractivity contribution is 6.43. The minimum Gasteiger partial charge on any atom is -0.476 e. The largest absolute Gasteiger partial charge is 0.476 e. The van der Waals surface area contributed by atoms with Crippen molar-refractivity contribution < 1.29 is 31.9 Å². The van der Waals surface area contributed by atoms with Crippen molar-refractivity contribution in [1.82, 2.24) is 15.6 Å². The summed E-state index contributed by atoms with van der Waals surface area (Å²) in [6.07, 6.45) is -0.205. The Balaban J connectivity index is 1.37. The van der Waals surface area contributed by atoms with Crippen LogP contribution in [0.2, 0.25) is 10.0 Å². The van der Waals surface area contributed by atoms with E-state index in [4.69, 9.17) is 27.9 Å². The molecule has 2 bridgehead atoms. The van der Waals surface area contributed by atoms with E-state index in [1.807, 2.05) is 5.32 Å². The van der Waals surface area contributed by atoms with Gasteiger partial charge in [0.25, 0.3) is 11.8 Å². The zero-order chi connectivity index (χ0) is 28.7. The Morgan fingerprint density at radius 2 is 1.72 bits per heavy atom. The third-order valence-corrected chi connectivity index (χ3v) is 7.93. The van der Waals surface area contributed by atoms with Crippen LogP contribution in [0.3, 0.4) is 0 Å². The number of fused-ring (bicyclic) bond motifs is 2. The monoisotopic (exact) mass is 590 g/mol. The summed E-state index contributed by atoms with van der Waals surface area (Å²) >= 11 is 11.9. The van der Waals surface area contributed by atoms with Gasteiger partial charge in [-0.15, -0.1) is 0 Å². The zero-order valence-electron chi connectivity index (χ0n) is 21.4. The molecule has 0 radical (unpaired) electrons. The number of carbonyl (C=O) groups excluding carboxylic acids is 2. The van der Waals surface area contributed by atoms with Gasteiger partial charge in [0, 0.05) is 24.3 Å². The van der Waals surface area contributed by atoms with Gasteiger partial charge in [-0.05, 0) is 70.7 Å². The van der Waals surface area contributed by atoms with E-state index >= 15 is 0 Å². The van der Waals surface area contributed by atoms with Gasteiger partial charge in [-0.25, -0.2) is 9.37 Å². The van der Waals surface area contributed by atoms with E-state index in [0.717, 1.165) is 25.8 Å². The fraction of sp³-hybridized carbons (Fsp3) is 0.500. The molecule has 0 aliphatic carbocycles. The van der Waals surface area contributed by atoms with Crippen LogP contribution in [0, 0.1) is 5.82 Å². The van der Waals surface area contributed by atoms with Crippen LogP contribution in [-0.2, 0) is 4.79 Å². The van der Waals surface area contributed by atoms with Crippen molar-refractivity contribution in [3.05, 3.63) is 51.9 Å². The molecule has 1 aromatic carbocycles. The summed E-state index contributed by atoms with van der Waals surface area (Å²) < 4.78 is 57.7. The van der Waals surface area contributed by atoms with Crippen LogP contribution in [0.4, 0.5) is 23.4 Å². The summed E-state index contributed by atoms with van der Waals surface area (Å²) in [6, 6.07) is 3.58. The first kappa shape index (κ1) is 29.2. The fourth-order valence-corrected chi connectivity index (χ4v) is 5.32. The summed E-state index contributed by atoms with van der Waals surface area (Å²) in [4.78, 5) is 31.8. The molecule has 2 saturated heterocycles. The first-order valence-corrected chi connectivity index (χ1v) is 13.2. The predicted molar refractivity (Wildman–Crippen MR) is 139 cm³/mol. The quantitative estimate of drug-likeness (QED) is 0.320. The maximum Gasteiger partial charge on any atom is 0.408 e. The molecular weight excluding hydrogens is 563 g/mol. The Morgan fingerprint density at radius 1 is 1.08 bits per heavy atom. The summed E-state index contributed by atoms with van der Waals surface area (Å²) in [5, 5.41) is 4.57. The smallest absolute Gasteiger partial charge is 0.408 e. The molecule has 7 nitrogen and oxygen atoms in total. The number of carbonyl (C=O) groups is 2. The molecule has 3 heterocycles. The Kier molecular flexibility index (Phi) is 8.23. The highest BCUT2D eigenvalue weighted by Crippen LogP contribution is 2.39. The summed E-state index contributed by atoms with van der Waals surface area (Å²) in [7, 11) is 0. The van der Waals surface area contributed by atoms with Gasteiger partial charge in [-0.2, -0.15) is 13.2 Å². The van der Waals surface area contributed by atoms with E-state index in [-0.39, 0.29) is 45.4 Å². The molecule has 2 N–H and O–H groups in total. The molecule has 2 aliphatic heterocycles. The number of amides is 2. The maximum atomic E-state index is 13.6. The molecule has 4 rings (SSSR count). The van der Waals surface area contributed by atoms with Crippen LogP contribution in [0.5, 0.6) is 5.75 Å². The Hall–Kier alpha value is -2.79. The van der Waals surface area contributed by atoms with Crippen molar-refractivity contribution in [2.24, 2.45) is 0 Å². The van der Waals surface area contributed by atoms with Crippen LogP contribution in [0.1, 0.15) is 56.8 Å². The second-order valence-corrected chi connectivity index (χ2v) is 11.1. The number of anilines is 1. The number of benzene rings is 1. The molecule has 0 saturated carbocycles. The molecule has 2 aliphatic rings. The number of ether oxygens (including phenoxy) is 1. The summed E-state index contributed by atoms with van der Waals surface area (Å²) in [6.45, 7) is 4.04. The first-order valence-electron chi connectivity index (χ1n) is 12.4. The number of pyridine rings is 1. The van der Waals surface area contributed by atoms with Crippen molar-refractivity contribution in [3.8, 4) is 5.75 Å². The molecule has 1 aromatic heterocycles. The van der Waals surface area contributed by atoms with Gasteiger partial charge in [0.15, 0.2) is 5.60 Å². The molecule has 0 unspecified atom stereocenters. The summed E-state index contributed by atoms with van der Waals surface area (Å²) in [5.74, 6) is -1.19. The van der Waals surface area contributed by atoms with Crippen LogP contribution >= 0.6 is 23.2 Å². The standard InChI is InChI=1S/C26H28Cl2F4N4O3/c1-13(26(30,31)32)34-23(37)14-4-9-20(33-12-14)36-16-5-6-17(36)11-15(10-16)35-24(38)25(2,3)39-19-8-7-18(29)21(27)22(19)28/h4,7-9,12-13,15-17H,5-6,10-11H2,1-3H3,(H,34,37)(H,35,38)/t13-,15-,16+,17-/m0/s1. The Bertz CT molecular complexity index is 1230. The molecule has 212 valence electrons. The van der Waals surface area contributed by atoms with Crippen LogP contribution in [-0.4, -0.2) is 52.7 Å². The lowest BCUT2D eigenvalue weighted by atomic mass is 9.96. The number of aromatic nitrogens is 1. The molecule has 2 aromatic rings. The Morgan fingerprint density at radius 3 is 2.28 bits per heavy atom. The summed E-state index contributed by atoms with van der Waals surface area (Å²) in [5.41, 5.74) is -1.28. The van der Waals surface area contributed by atoms with E-state index in [9.17, 15) is 27.2 Å². The van der Waals surface area contributed by atoms with Gasteiger partial charge >= 0.3 is 6.18 Å². The van der Waals surface area contributed by atoms with E-state index in [2.05, 4.69) is 15.2 Å². The lowest BCUT2D eigenvalue weighted by Crippen LogP contribution is -2.55. The third-order valence-electron chi connectivity index (χ3n) is 7.09. The van der Waals surface area contributed by atoms with Gasteiger partial charge in [0.1, 0.15) is 28.4 Å². The predicted octanol–water partition coefficient (Wildman–Crippen LogP) is 5.68. The van der Waals surface area contributed by atoms with E-state index in [1.54, 1.807) is 19.9 Å². The molecule has 0 spiro atoms. The number of piperidine rings is 1. The molecule has 2 amide bonds. The maximum absolute atomic E-state index is 13.6. The fourth-order valence-electron chi connectivity index (χ4n) is 4.97. The van der Waals surface area contributed by atoms with Gasteiger partial charge in [-0.3, -0.25) is 9.59 Å². The number of rotatable bonds is 7. The molecular formula is C26H28Cl2F4N4O3. The Labute approximate surface area is 233 Å². The minimum atomic E-state index is -4.54. The molecule has 39 heavy (non-hydrogen) atoms. The second-order valence-electron chi connectivity index (χ2n) is 10.4. The molecule has 2 fully saturated rings. The zero-order valence-corrected chi connectivity index (χ0v) is 22.9. The minimum absolute atomic E-state index is 0.0362. The average Bonchev–Trinajstić information content (AvgIpc) is 3.13. The topological polar surface area (TPSA) is 83.6 Å². The highest BCUT2D eigenvalue weighted by Gasteiger charge is 2.43. The van der Waals surface area contributed by atoms with Gasteiger partial charge < -0.3 is 20.3 Å². The van der Waals surface area contributed by atoms with Gasteiger partial charge in [0.2, 0.25) is 0 Å². The normalized spacial score (nSPS) is 21.9. The number of halogens is 6.